The molecular weight excluding hydrogens is 290 g/mol. The summed E-state index contributed by atoms with van der Waals surface area (Å²) in [6, 6.07) is 0.197. The first kappa shape index (κ1) is 16.4. The van der Waals surface area contributed by atoms with Crippen LogP contribution >= 0.6 is 11.8 Å². The fraction of sp³-hybridized carbons (Fsp3) is 0.733. The molecule has 2 aliphatic heterocycles. The summed E-state index contributed by atoms with van der Waals surface area (Å²) in [7, 11) is 0. The van der Waals surface area contributed by atoms with E-state index in [1.54, 1.807) is 6.92 Å². The Morgan fingerprint density at radius 3 is 2.57 bits per heavy atom. The normalized spacial score (nSPS) is 26.6. The van der Waals surface area contributed by atoms with Gasteiger partial charge in [-0.2, -0.15) is 11.8 Å². The number of carbonyl (C=O) groups is 2. The van der Waals surface area contributed by atoms with Crippen LogP contribution in [-0.2, 0) is 14.3 Å². The van der Waals surface area contributed by atoms with Crippen LogP contribution in [0.5, 0.6) is 0 Å². The van der Waals surface area contributed by atoms with Crippen molar-refractivity contribution >= 4 is 23.6 Å². The van der Waals surface area contributed by atoms with Gasteiger partial charge in [0.25, 0.3) is 0 Å². The van der Waals surface area contributed by atoms with Crippen LogP contribution in [0.4, 0.5) is 0 Å². The monoisotopic (exact) mass is 313 g/mol. The number of carboxylic acids is 1. The molecule has 0 aliphatic carbocycles. The van der Waals surface area contributed by atoms with Crippen molar-refractivity contribution in [3.63, 3.8) is 0 Å². The summed E-state index contributed by atoms with van der Waals surface area (Å²) >= 11 is 1.85. The average molecular weight is 313 g/mol. The van der Waals surface area contributed by atoms with Gasteiger partial charge in [-0.1, -0.05) is 0 Å². The molecule has 2 rings (SSSR count). The molecule has 0 aromatic rings. The van der Waals surface area contributed by atoms with Crippen LogP contribution in [0.1, 0.15) is 33.1 Å². The molecule has 0 radical (unpaired) electrons. The first-order valence-electron chi connectivity index (χ1n) is 7.41. The molecule has 2 atom stereocenters. The largest absolute Gasteiger partial charge is 0.478 e. The van der Waals surface area contributed by atoms with Gasteiger partial charge in [0, 0.05) is 36.1 Å². The molecule has 0 spiro atoms. The zero-order valence-electron chi connectivity index (χ0n) is 12.6. The lowest BCUT2D eigenvalue weighted by atomic mass is 10.1. The number of thioether (sulfide) groups is 1. The molecule has 0 saturated carbocycles. The lowest BCUT2D eigenvalue weighted by molar-refractivity contribution is -0.134. The molecule has 2 fully saturated rings. The van der Waals surface area contributed by atoms with Gasteiger partial charge >= 0.3 is 5.97 Å². The van der Waals surface area contributed by atoms with Gasteiger partial charge in [-0.05, 0) is 38.9 Å². The maximum atomic E-state index is 12.7. The zero-order chi connectivity index (χ0) is 15.4. The molecule has 2 heterocycles. The van der Waals surface area contributed by atoms with Gasteiger partial charge in [0.1, 0.15) is 0 Å². The van der Waals surface area contributed by atoms with Crippen LogP contribution in [0.2, 0.25) is 0 Å². The smallest absolute Gasteiger partial charge is 0.331 e. The second-order valence-electron chi connectivity index (χ2n) is 5.67. The Morgan fingerprint density at radius 2 is 2.05 bits per heavy atom. The van der Waals surface area contributed by atoms with Crippen molar-refractivity contribution in [1.82, 2.24) is 4.90 Å². The maximum absolute atomic E-state index is 12.7. The molecule has 0 aromatic carbocycles. The van der Waals surface area contributed by atoms with E-state index in [4.69, 9.17) is 9.84 Å². The van der Waals surface area contributed by atoms with Crippen LogP contribution in [-0.4, -0.2) is 58.7 Å². The highest BCUT2D eigenvalue weighted by Gasteiger charge is 2.32. The Hall–Kier alpha value is -1.01. The van der Waals surface area contributed by atoms with E-state index in [0.29, 0.717) is 12.1 Å². The van der Waals surface area contributed by atoms with Gasteiger partial charge < -0.3 is 14.7 Å². The number of carbonyl (C=O) groups excluding carboxylic acids is 1. The lowest BCUT2D eigenvalue weighted by Crippen LogP contribution is -2.45. The van der Waals surface area contributed by atoms with E-state index in [-0.39, 0.29) is 23.6 Å². The molecule has 2 saturated heterocycles. The SMILES string of the molecule is CC(C(=O)O)=C(C)C(=O)N(CC1CCCO1)C1CCSC1. The Balaban J connectivity index is 2.15. The number of ether oxygens (including phenoxy) is 1. The molecule has 1 N–H and O–H groups in total. The molecule has 5 nitrogen and oxygen atoms in total. The number of hydrogen-bond donors (Lipinski definition) is 1. The molecule has 1 amide bonds. The second kappa shape index (κ2) is 7.31. The summed E-state index contributed by atoms with van der Waals surface area (Å²) in [4.78, 5) is 25.6. The molecule has 6 heteroatoms. The van der Waals surface area contributed by atoms with E-state index < -0.39 is 5.97 Å². The zero-order valence-corrected chi connectivity index (χ0v) is 13.4. The van der Waals surface area contributed by atoms with E-state index in [0.717, 1.165) is 37.4 Å². The third-order valence-electron chi connectivity index (χ3n) is 4.24. The number of hydrogen-bond acceptors (Lipinski definition) is 4. The van der Waals surface area contributed by atoms with Crippen LogP contribution in [0, 0.1) is 0 Å². The number of nitrogens with zero attached hydrogens (tertiary/aromatic N) is 1. The molecule has 21 heavy (non-hydrogen) atoms. The van der Waals surface area contributed by atoms with Crippen molar-refractivity contribution in [2.75, 3.05) is 24.7 Å². The highest BCUT2D eigenvalue weighted by molar-refractivity contribution is 7.99. The van der Waals surface area contributed by atoms with Crippen molar-refractivity contribution in [2.45, 2.75) is 45.3 Å². The highest BCUT2D eigenvalue weighted by Crippen LogP contribution is 2.26. The average Bonchev–Trinajstić information content (AvgIpc) is 3.14. The van der Waals surface area contributed by atoms with Crippen molar-refractivity contribution in [1.29, 1.82) is 0 Å². The van der Waals surface area contributed by atoms with Gasteiger partial charge in [0.05, 0.1) is 6.10 Å². The summed E-state index contributed by atoms with van der Waals surface area (Å²) in [6.45, 7) is 4.43. The Morgan fingerprint density at radius 1 is 1.29 bits per heavy atom. The maximum Gasteiger partial charge on any atom is 0.331 e. The third-order valence-corrected chi connectivity index (χ3v) is 5.38. The summed E-state index contributed by atoms with van der Waals surface area (Å²) in [5.41, 5.74) is 0.459. The van der Waals surface area contributed by atoms with E-state index >= 15 is 0 Å². The van der Waals surface area contributed by atoms with Gasteiger partial charge in [0.2, 0.25) is 5.91 Å². The van der Waals surface area contributed by atoms with Crippen molar-refractivity contribution in [3.8, 4) is 0 Å². The number of carboxylic acid groups (broad SMARTS) is 1. The summed E-state index contributed by atoms with van der Waals surface area (Å²) in [5, 5.41) is 9.08. The number of amides is 1. The van der Waals surface area contributed by atoms with E-state index in [1.807, 2.05) is 16.7 Å². The lowest BCUT2D eigenvalue weighted by Gasteiger charge is -2.31. The van der Waals surface area contributed by atoms with Gasteiger partial charge in [-0.15, -0.1) is 0 Å². The predicted molar refractivity (Wildman–Crippen MR) is 82.4 cm³/mol. The van der Waals surface area contributed by atoms with E-state index in [1.165, 1.54) is 6.92 Å². The highest BCUT2D eigenvalue weighted by atomic mass is 32.2. The fourth-order valence-electron chi connectivity index (χ4n) is 2.71. The summed E-state index contributed by atoms with van der Waals surface area (Å²) in [6.07, 6.45) is 3.08. The molecule has 0 aromatic heterocycles. The van der Waals surface area contributed by atoms with Crippen molar-refractivity contribution < 1.29 is 19.4 Å². The predicted octanol–water partition coefficient (Wildman–Crippen LogP) is 1.92. The molecule has 2 unspecified atom stereocenters. The number of aliphatic carboxylic acids is 1. The van der Waals surface area contributed by atoms with Gasteiger partial charge in [0.15, 0.2) is 0 Å². The Bertz CT molecular complexity index is 437. The van der Waals surface area contributed by atoms with Gasteiger partial charge in [-0.25, -0.2) is 4.79 Å². The third kappa shape index (κ3) is 4.01. The standard InChI is InChI=1S/C15H23NO4S/c1-10(11(2)15(18)19)14(17)16(12-5-7-21-9-12)8-13-4-3-6-20-13/h12-13H,3-9H2,1-2H3,(H,18,19). The minimum Gasteiger partial charge on any atom is -0.478 e. The van der Waals surface area contributed by atoms with E-state index in [2.05, 4.69) is 0 Å². The number of rotatable bonds is 5. The second-order valence-corrected chi connectivity index (χ2v) is 6.81. The minimum atomic E-state index is -1.03. The van der Waals surface area contributed by atoms with Crippen molar-refractivity contribution in [3.05, 3.63) is 11.1 Å². The first-order valence-corrected chi connectivity index (χ1v) is 8.57. The molecule has 2 aliphatic rings. The Kier molecular flexibility index (Phi) is 5.70. The molecule has 0 bridgehead atoms. The van der Waals surface area contributed by atoms with Crippen LogP contribution in [0.3, 0.4) is 0 Å². The van der Waals surface area contributed by atoms with Crippen LogP contribution < -0.4 is 0 Å². The quantitative estimate of drug-likeness (QED) is 0.786. The molecular formula is C15H23NO4S. The van der Waals surface area contributed by atoms with E-state index in [9.17, 15) is 9.59 Å². The minimum absolute atomic E-state index is 0.0949. The summed E-state index contributed by atoms with van der Waals surface area (Å²) < 4.78 is 5.65. The Labute approximate surface area is 129 Å². The van der Waals surface area contributed by atoms with Crippen LogP contribution in [0.25, 0.3) is 0 Å². The molecule has 118 valence electrons. The topological polar surface area (TPSA) is 66.8 Å². The fourth-order valence-corrected chi connectivity index (χ4v) is 3.93. The van der Waals surface area contributed by atoms with Crippen molar-refractivity contribution in [2.24, 2.45) is 0 Å². The van der Waals surface area contributed by atoms with Gasteiger partial charge in [-0.3, -0.25) is 4.79 Å². The summed E-state index contributed by atoms with van der Waals surface area (Å²) in [5.74, 6) is 0.801. The first-order chi connectivity index (χ1) is 10.0. The van der Waals surface area contributed by atoms with Crippen LogP contribution in [0.15, 0.2) is 11.1 Å².